The predicted octanol–water partition coefficient (Wildman–Crippen LogP) is 3.39. The second-order valence-electron chi connectivity index (χ2n) is 9.29. The number of nitriles is 1. The van der Waals surface area contributed by atoms with Crippen molar-refractivity contribution in [3.8, 4) is 6.07 Å². The minimum Gasteiger partial charge on any atom is -0.371 e. The molecule has 2 amide bonds. The Morgan fingerprint density at radius 1 is 1.20 bits per heavy atom. The molecule has 184 valence electrons. The summed E-state index contributed by atoms with van der Waals surface area (Å²) in [6.45, 7) is 3.40. The summed E-state index contributed by atoms with van der Waals surface area (Å²) in [6.07, 6.45) is -0.358. The first-order valence-corrected chi connectivity index (χ1v) is 11.4. The molecule has 7 nitrogen and oxygen atoms in total. The van der Waals surface area contributed by atoms with E-state index in [1.54, 1.807) is 30.3 Å². The van der Waals surface area contributed by atoms with E-state index in [4.69, 9.17) is 5.26 Å². The van der Waals surface area contributed by atoms with E-state index in [0.717, 1.165) is 11.6 Å². The molecule has 2 fully saturated rings. The van der Waals surface area contributed by atoms with Gasteiger partial charge in [0, 0.05) is 56.7 Å². The zero-order chi connectivity index (χ0) is 25.4. The van der Waals surface area contributed by atoms with Crippen LogP contribution in [0.25, 0.3) is 0 Å². The molecule has 0 bridgehead atoms. The number of halogens is 3. The number of carbonyl (C=O) groups is 2. The first-order valence-electron chi connectivity index (χ1n) is 11.4. The number of aryl methyl sites for hydroxylation is 1. The van der Waals surface area contributed by atoms with Crippen LogP contribution in [0, 0.1) is 29.6 Å². The van der Waals surface area contributed by atoms with Crippen molar-refractivity contribution in [1.29, 1.82) is 5.26 Å². The van der Waals surface area contributed by atoms with E-state index in [2.05, 4.69) is 10.3 Å². The number of piperidine rings is 1. The fourth-order valence-corrected chi connectivity index (χ4v) is 5.29. The summed E-state index contributed by atoms with van der Waals surface area (Å²) in [5.41, 5.74) is -0.119. The molecule has 1 aromatic carbocycles. The SMILES string of the molecule is CNC(=O)C1CN(C(=O)c2cncc(C)c2)CC12CCN(c1ccc(C#N)c(C(F)(F)F)c1)CC2. The second-order valence-corrected chi connectivity index (χ2v) is 9.29. The van der Waals surface area contributed by atoms with Crippen LogP contribution in [0.2, 0.25) is 0 Å². The fraction of sp³-hybridized carbons (Fsp3) is 0.440. The highest BCUT2D eigenvalue weighted by Crippen LogP contribution is 2.46. The Morgan fingerprint density at radius 3 is 2.51 bits per heavy atom. The number of hydrogen-bond acceptors (Lipinski definition) is 5. The third kappa shape index (κ3) is 4.67. The van der Waals surface area contributed by atoms with Gasteiger partial charge < -0.3 is 15.1 Å². The van der Waals surface area contributed by atoms with E-state index >= 15 is 0 Å². The first kappa shape index (κ1) is 24.5. The van der Waals surface area contributed by atoms with Crippen LogP contribution < -0.4 is 10.2 Å². The molecule has 35 heavy (non-hydrogen) atoms. The predicted molar refractivity (Wildman–Crippen MR) is 122 cm³/mol. The minimum absolute atomic E-state index is 0.145. The van der Waals surface area contributed by atoms with Crippen molar-refractivity contribution in [2.45, 2.75) is 25.9 Å². The van der Waals surface area contributed by atoms with Crippen LogP contribution in [-0.2, 0) is 11.0 Å². The molecule has 1 unspecified atom stereocenters. The van der Waals surface area contributed by atoms with Crippen LogP contribution in [0.15, 0.2) is 36.7 Å². The average Bonchev–Trinajstić information content (AvgIpc) is 3.21. The normalized spacial score (nSPS) is 19.5. The monoisotopic (exact) mass is 485 g/mol. The van der Waals surface area contributed by atoms with Gasteiger partial charge in [0.1, 0.15) is 0 Å². The van der Waals surface area contributed by atoms with Gasteiger partial charge in [-0.25, -0.2) is 0 Å². The summed E-state index contributed by atoms with van der Waals surface area (Å²) >= 11 is 0. The minimum atomic E-state index is -4.63. The van der Waals surface area contributed by atoms with Crippen LogP contribution in [0.3, 0.4) is 0 Å². The number of nitrogens with one attached hydrogen (secondary N) is 1. The second kappa shape index (κ2) is 9.21. The molecule has 0 saturated carbocycles. The van der Waals surface area contributed by atoms with Crippen LogP contribution >= 0.6 is 0 Å². The van der Waals surface area contributed by atoms with Gasteiger partial charge in [0.2, 0.25) is 5.91 Å². The maximum Gasteiger partial charge on any atom is 0.417 e. The smallest absolute Gasteiger partial charge is 0.371 e. The van der Waals surface area contributed by atoms with Crippen LogP contribution in [-0.4, -0.2) is 54.9 Å². The zero-order valence-corrected chi connectivity index (χ0v) is 19.5. The number of likely N-dealkylation sites (tertiary alicyclic amines) is 1. The maximum atomic E-state index is 13.4. The van der Waals surface area contributed by atoms with Crippen molar-refractivity contribution >= 4 is 17.5 Å². The molecule has 0 radical (unpaired) electrons. The standard InChI is InChI=1S/C25H26F3N5O2/c1-16-9-18(13-31-12-16)23(35)33-14-21(22(34)30-2)24(15-33)5-7-32(8-6-24)19-4-3-17(11-29)20(10-19)25(26,27)28/h3-4,9-10,12-13,21H,5-8,14-15H2,1-2H3,(H,30,34). The molecule has 1 spiro atoms. The fourth-order valence-electron chi connectivity index (χ4n) is 5.29. The van der Waals surface area contributed by atoms with Gasteiger partial charge in [-0.3, -0.25) is 14.6 Å². The number of hydrogen-bond donors (Lipinski definition) is 1. The number of benzene rings is 1. The molecule has 2 aliphatic rings. The Morgan fingerprint density at radius 2 is 1.91 bits per heavy atom. The van der Waals surface area contributed by atoms with E-state index < -0.39 is 28.6 Å². The van der Waals surface area contributed by atoms with Crippen molar-refractivity contribution in [3.05, 3.63) is 58.9 Å². The molecular weight excluding hydrogens is 459 g/mol. The highest BCUT2D eigenvalue weighted by Gasteiger charge is 2.52. The van der Waals surface area contributed by atoms with Crippen molar-refractivity contribution < 1.29 is 22.8 Å². The summed E-state index contributed by atoms with van der Waals surface area (Å²) < 4.78 is 40.3. The highest BCUT2D eigenvalue weighted by atomic mass is 19.4. The van der Waals surface area contributed by atoms with Gasteiger partial charge in [-0.2, -0.15) is 18.4 Å². The Labute approximate surface area is 201 Å². The average molecular weight is 486 g/mol. The lowest BCUT2D eigenvalue weighted by Gasteiger charge is -2.43. The molecular formula is C25H26F3N5O2. The molecule has 2 saturated heterocycles. The summed E-state index contributed by atoms with van der Waals surface area (Å²) in [5.74, 6) is -0.742. The van der Waals surface area contributed by atoms with Gasteiger partial charge >= 0.3 is 6.18 Å². The lowest BCUT2D eigenvalue weighted by molar-refractivity contribution is -0.137. The van der Waals surface area contributed by atoms with Crippen molar-refractivity contribution in [2.75, 3.05) is 38.1 Å². The maximum absolute atomic E-state index is 13.4. The molecule has 1 atom stereocenters. The highest BCUT2D eigenvalue weighted by molar-refractivity contribution is 5.95. The zero-order valence-electron chi connectivity index (χ0n) is 19.5. The Kier molecular flexibility index (Phi) is 6.45. The number of aromatic nitrogens is 1. The summed E-state index contributed by atoms with van der Waals surface area (Å²) in [6, 6.07) is 7.11. The molecule has 1 N–H and O–H groups in total. The Hall–Kier alpha value is -3.61. The summed E-state index contributed by atoms with van der Waals surface area (Å²) in [5, 5.41) is 11.8. The summed E-state index contributed by atoms with van der Waals surface area (Å²) in [4.78, 5) is 33.6. The van der Waals surface area contributed by atoms with Crippen molar-refractivity contribution in [1.82, 2.24) is 15.2 Å². The van der Waals surface area contributed by atoms with Crippen molar-refractivity contribution in [2.24, 2.45) is 11.3 Å². The topological polar surface area (TPSA) is 89.3 Å². The van der Waals surface area contributed by atoms with Gasteiger partial charge in [0.05, 0.1) is 28.7 Å². The number of nitrogens with zero attached hydrogens (tertiary/aromatic N) is 4. The number of anilines is 1. The number of amides is 2. The number of alkyl halides is 3. The lowest BCUT2D eigenvalue weighted by atomic mass is 9.70. The van der Waals surface area contributed by atoms with Gasteiger partial charge in [0.15, 0.2) is 0 Å². The van der Waals surface area contributed by atoms with Crippen LogP contribution in [0.4, 0.5) is 18.9 Å². The van der Waals surface area contributed by atoms with E-state index in [1.807, 2.05) is 11.8 Å². The Balaban J connectivity index is 1.55. The Bertz CT molecular complexity index is 1180. The van der Waals surface area contributed by atoms with Crippen molar-refractivity contribution in [3.63, 3.8) is 0 Å². The van der Waals surface area contributed by atoms with Gasteiger partial charge in [0.25, 0.3) is 5.91 Å². The van der Waals surface area contributed by atoms with E-state index in [-0.39, 0.29) is 18.4 Å². The molecule has 0 aliphatic carbocycles. The molecule has 10 heteroatoms. The lowest BCUT2D eigenvalue weighted by Crippen LogP contribution is -2.48. The van der Waals surface area contributed by atoms with Gasteiger partial charge in [-0.1, -0.05) is 0 Å². The van der Waals surface area contributed by atoms with Gasteiger partial charge in [-0.15, -0.1) is 0 Å². The molecule has 2 aromatic rings. The van der Waals surface area contributed by atoms with E-state index in [9.17, 15) is 22.8 Å². The largest absolute Gasteiger partial charge is 0.417 e. The number of carbonyl (C=O) groups excluding carboxylic acids is 2. The quantitative estimate of drug-likeness (QED) is 0.720. The van der Waals surface area contributed by atoms with Gasteiger partial charge in [-0.05, 0) is 49.6 Å². The molecule has 4 rings (SSSR count). The van der Waals surface area contributed by atoms with E-state index in [0.29, 0.717) is 43.7 Å². The number of pyridine rings is 1. The molecule has 2 aliphatic heterocycles. The number of rotatable bonds is 3. The third-order valence-corrected chi connectivity index (χ3v) is 7.17. The van der Waals surface area contributed by atoms with E-state index in [1.165, 1.54) is 18.3 Å². The summed E-state index contributed by atoms with van der Waals surface area (Å²) in [7, 11) is 1.57. The first-order chi connectivity index (χ1) is 16.6. The van der Waals surface area contributed by atoms with Crippen LogP contribution in [0.5, 0.6) is 0 Å². The molecule has 1 aromatic heterocycles. The molecule has 3 heterocycles. The van der Waals surface area contributed by atoms with Crippen LogP contribution in [0.1, 0.15) is 39.9 Å². The third-order valence-electron chi connectivity index (χ3n) is 7.17.